The predicted molar refractivity (Wildman–Crippen MR) is 85.3 cm³/mol. The third kappa shape index (κ3) is 19.1. The standard InChI is InChI=1S/3C4H9.C4H10.Al/c3*1-4(2)3;1-3-4-2;/h3*4H,1H2,2-3H3;3-4H2,1-2H3;. The summed E-state index contributed by atoms with van der Waals surface area (Å²) in [6.45, 7) is 18.6. The highest BCUT2D eigenvalue weighted by atomic mass is 27.2. The lowest BCUT2D eigenvalue weighted by Crippen LogP contribution is -2.19. The maximum Gasteiger partial charge on any atom is 0.262 e. The summed E-state index contributed by atoms with van der Waals surface area (Å²) in [5, 5.41) is 4.66. The Hall–Kier alpha value is 0.532. The van der Waals surface area contributed by atoms with Crippen LogP contribution in [-0.2, 0) is 0 Å². The monoisotopic (exact) mass is 256 g/mol. The Morgan fingerprint density at radius 3 is 0.941 bits per heavy atom. The molecule has 0 unspecified atom stereocenters. The SMILES string of the molecule is CC(C)[CH2][Al]([CH2]C(C)C)[CH2]C(C)C.CCCC. The van der Waals surface area contributed by atoms with Crippen LogP contribution in [0.5, 0.6) is 0 Å². The average Bonchev–Trinajstić information content (AvgIpc) is 2.14. The molecular weight excluding hydrogens is 219 g/mol. The highest BCUT2D eigenvalue weighted by Crippen LogP contribution is 2.20. The molecule has 0 saturated heterocycles. The van der Waals surface area contributed by atoms with E-state index in [0.717, 1.165) is 17.8 Å². The summed E-state index contributed by atoms with van der Waals surface area (Å²) in [5.41, 5.74) is 0. The van der Waals surface area contributed by atoms with Gasteiger partial charge in [0.15, 0.2) is 0 Å². The van der Waals surface area contributed by atoms with Crippen molar-refractivity contribution in [3.8, 4) is 0 Å². The first-order valence-corrected chi connectivity index (χ1v) is 10.3. The van der Waals surface area contributed by atoms with E-state index >= 15 is 0 Å². The van der Waals surface area contributed by atoms with Crippen molar-refractivity contribution in [2.75, 3.05) is 0 Å². The van der Waals surface area contributed by atoms with E-state index in [1.54, 1.807) is 15.8 Å². The smallest absolute Gasteiger partial charge is 0.0915 e. The summed E-state index contributed by atoms with van der Waals surface area (Å²) < 4.78 is 0. The molecule has 0 aromatic carbocycles. The van der Waals surface area contributed by atoms with Crippen LogP contribution in [0.3, 0.4) is 0 Å². The van der Waals surface area contributed by atoms with Crippen LogP contribution in [-0.4, -0.2) is 14.1 Å². The fourth-order valence-corrected chi connectivity index (χ4v) is 6.87. The minimum atomic E-state index is -0.407. The Morgan fingerprint density at radius 1 is 0.588 bits per heavy atom. The van der Waals surface area contributed by atoms with Gasteiger partial charge in [0.1, 0.15) is 0 Å². The van der Waals surface area contributed by atoms with Crippen LogP contribution in [0.15, 0.2) is 0 Å². The summed E-state index contributed by atoms with van der Waals surface area (Å²) in [6, 6.07) is 0. The van der Waals surface area contributed by atoms with Gasteiger partial charge in [-0.2, -0.15) is 0 Å². The van der Waals surface area contributed by atoms with Gasteiger partial charge in [0.25, 0.3) is 14.1 Å². The Morgan fingerprint density at radius 2 is 0.824 bits per heavy atom. The molecule has 0 saturated carbocycles. The van der Waals surface area contributed by atoms with Crippen molar-refractivity contribution in [3.05, 3.63) is 0 Å². The largest absolute Gasteiger partial charge is 0.262 e. The van der Waals surface area contributed by atoms with Crippen molar-refractivity contribution in [2.45, 2.75) is 84.1 Å². The number of hydrogen-bond donors (Lipinski definition) is 0. The molecule has 0 aliphatic rings. The van der Waals surface area contributed by atoms with Crippen LogP contribution >= 0.6 is 0 Å². The fourth-order valence-electron chi connectivity index (χ4n) is 2.29. The van der Waals surface area contributed by atoms with Gasteiger partial charge in [-0.15, -0.1) is 0 Å². The molecule has 17 heavy (non-hydrogen) atoms. The molecule has 0 amide bonds. The molecule has 0 aromatic heterocycles. The van der Waals surface area contributed by atoms with Gasteiger partial charge in [-0.1, -0.05) is 102 Å². The Bertz CT molecular complexity index is 113. The van der Waals surface area contributed by atoms with Crippen LogP contribution in [0.2, 0.25) is 15.8 Å². The van der Waals surface area contributed by atoms with Crippen molar-refractivity contribution in [3.63, 3.8) is 0 Å². The second kappa shape index (κ2) is 13.0. The Balaban J connectivity index is 0. The van der Waals surface area contributed by atoms with Gasteiger partial charge < -0.3 is 0 Å². The normalized spacial score (nSPS) is 10.8. The third-order valence-corrected chi connectivity index (χ3v) is 7.74. The zero-order valence-electron chi connectivity index (χ0n) is 13.8. The molecule has 0 spiro atoms. The van der Waals surface area contributed by atoms with Crippen LogP contribution in [0, 0.1) is 17.8 Å². The zero-order chi connectivity index (χ0) is 13.8. The summed E-state index contributed by atoms with van der Waals surface area (Å²) in [7, 11) is 0. The van der Waals surface area contributed by atoms with Crippen molar-refractivity contribution >= 4 is 14.1 Å². The first-order valence-electron chi connectivity index (χ1n) is 7.83. The molecule has 0 nitrogen and oxygen atoms in total. The van der Waals surface area contributed by atoms with Crippen molar-refractivity contribution in [2.24, 2.45) is 17.8 Å². The van der Waals surface area contributed by atoms with Crippen LogP contribution in [0.1, 0.15) is 68.2 Å². The maximum absolute atomic E-state index is 2.38. The molecule has 0 fully saturated rings. The minimum absolute atomic E-state index is 0.407. The van der Waals surface area contributed by atoms with Crippen molar-refractivity contribution < 1.29 is 0 Å². The maximum atomic E-state index is 2.38. The first-order chi connectivity index (χ1) is 7.83. The molecule has 0 aliphatic carbocycles. The highest BCUT2D eigenvalue weighted by molar-refractivity contribution is 6.58. The Kier molecular flexibility index (Phi) is 15.2. The third-order valence-electron chi connectivity index (χ3n) is 2.91. The summed E-state index contributed by atoms with van der Waals surface area (Å²) in [5.74, 6) is 2.78. The highest BCUT2D eigenvalue weighted by Gasteiger charge is 2.20. The van der Waals surface area contributed by atoms with Gasteiger partial charge in [0.05, 0.1) is 0 Å². The van der Waals surface area contributed by atoms with Crippen LogP contribution in [0.4, 0.5) is 0 Å². The summed E-state index contributed by atoms with van der Waals surface area (Å²) in [6.07, 6.45) is 2.64. The topological polar surface area (TPSA) is 0 Å². The lowest BCUT2D eigenvalue weighted by Gasteiger charge is -2.17. The molecule has 0 atom stereocenters. The van der Waals surface area contributed by atoms with E-state index in [1.807, 2.05) is 0 Å². The van der Waals surface area contributed by atoms with Gasteiger partial charge >= 0.3 is 0 Å². The summed E-state index contributed by atoms with van der Waals surface area (Å²) >= 11 is -0.407. The van der Waals surface area contributed by atoms with E-state index in [0.29, 0.717) is 0 Å². The lowest BCUT2D eigenvalue weighted by molar-refractivity contribution is 0.659. The van der Waals surface area contributed by atoms with Gasteiger partial charge in [-0.25, -0.2) is 0 Å². The van der Waals surface area contributed by atoms with Gasteiger partial charge in [-0.3, -0.25) is 0 Å². The van der Waals surface area contributed by atoms with E-state index in [4.69, 9.17) is 0 Å². The lowest BCUT2D eigenvalue weighted by atomic mass is 10.2. The second-order valence-corrected chi connectivity index (χ2v) is 9.90. The van der Waals surface area contributed by atoms with E-state index in [2.05, 4.69) is 55.4 Å². The van der Waals surface area contributed by atoms with Gasteiger partial charge in [-0.05, 0) is 0 Å². The predicted octanol–water partition coefficient (Wildman–Crippen LogP) is 6.26. The van der Waals surface area contributed by atoms with E-state index in [1.165, 1.54) is 12.8 Å². The van der Waals surface area contributed by atoms with Crippen LogP contribution in [0.25, 0.3) is 0 Å². The Labute approximate surface area is 116 Å². The quantitative estimate of drug-likeness (QED) is 0.472. The molecule has 0 aromatic rings. The molecule has 0 aliphatic heterocycles. The number of unbranched alkanes of at least 4 members (excludes halogenated alkanes) is 1. The second-order valence-electron chi connectivity index (χ2n) is 6.75. The minimum Gasteiger partial charge on any atom is -0.0915 e. The number of rotatable bonds is 7. The molecule has 0 radical (unpaired) electrons. The average molecular weight is 256 g/mol. The molecule has 0 bridgehead atoms. The molecular formula is C16H37Al. The number of hydrogen-bond acceptors (Lipinski definition) is 0. The molecule has 0 rings (SSSR count). The van der Waals surface area contributed by atoms with Crippen molar-refractivity contribution in [1.29, 1.82) is 0 Å². The van der Waals surface area contributed by atoms with E-state index in [9.17, 15) is 0 Å². The van der Waals surface area contributed by atoms with Crippen molar-refractivity contribution in [1.82, 2.24) is 0 Å². The zero-order valence-corrected chi connectivity index (χ0v) is 15.0. The first kappa shape index (κ1) is 19.9. The molecule has 0 heterocycles. The molecule has 1 heteroatoms. The fraction of sp³-hybridized carbons (Fsp3) is 1.00. The van der Waals surface area contributed by atoms with E-state index < -0.39 is 14.1 Å². The van der Waals surface area contributed by atoms with Gasteiger partial charge in [0, 0.05) is 0 Å². The van der Waals surface area contributed by atoms with E-state index in [-0.39, 0.29) is 0 Å². The van der Waals surface area contributed by atoms with Gasteiger partial charge in [0.2, 0.25) is 0 Å². The molecule has 0 N–H and O–H groups in total. The van der Waals surface area contributed by atoms with Crippen LogP contribution < -0.4 is 0 Å². The summed E-state index contributed by atoms with van der Waals surface area (Å²) in [4.78, 5) is 0. The molecule has 104 valence electrons.